The van der Waals surface area contributed by atoms with E-state index in [2.05, 4.69) is 0 Å². The minimum absolute atomic E-state index is 0.0835. The molecular formula is C10H11FN2O3. The summed E-state index contributed by atoms with van der Waals surface area (Å²) in [6.45, 7) is 0. The number of hydrogen-bond donors (Lipinski definition) is 1. The van der Waals surface area contributed by atoms with Gasteiger partial charge in [-0.3, -0.25) is 19.1 Å². The second kappa shape index (κ2) is 4.03. The van der Waals surface area contributed by atoms with Gasteiger partial charge in [-0.25, -0.2) is 4.79 Å². The number of carbonyl (C=O) groups excluding carboxylic acids is 1. The summed E-state index contributed by atoms with van der Waals surface area (Å²) in [7, 11) is 0. The summed E-state index contributed by atoms with van der Waals surface area (Å²) in [6.07, 6.45) is 3.36. The average Bonchev–Trinajstić information content (AvgIpc) is 2.25. The highest BCUT2D eigenvalue weighted by Crippen LogP contribution is 2.23. The fourth-order valence-electron chi connectivity index (χ4n) is 1.95. The van der Waals surface area contributed by atoms with E-state index in [4.69, 9.17) is 0 Å². The standard InChI is InChI=1S/C10H11FN2O3/c11-6-5-13(10(16)12-9(6)15)7-3-1-2-4-8(7)14/h5,7H,1-4H2,(H,12,15,16). The van der Waals surface area contributed by atoms with Gasteiger partial charge in [0.25, 0.3) is 5.56 Å². The van der Waals surface area contributed by atoms with Crippen LogP contribution < -0.4 is 11.2 Å². The third kappa shape index (κ3) is 1.82. The van der Waals surface area contributed by atoms with Crippen LogP contribution in [0.1, 0.15) is 31.7 Å². The van der Waals surface area contributed by atoms with Gasteiger partial charge in [0.1, 0.15) is 0 Å². The van der Waals surface area contributed by atoms with Gasteiger partial charge in [0.15, 0.2) is 5.78 Å². The Kier molecular flexibility index (Phi) is 2.72. The third-order valence-electron chi connectivity index (χ3n) is 2.78. The molecule has 0 bridgehead atoms. The van der Waals surface area contributed by atoms with Crippen molar-refractivity contribution < 1.29 is 9.18 Å². The second-order valence-corrected chi connectivity index (χ2v) is 3.87. The first kappa shape index (κ1) is 10.8. The van der Waals surface area contributed by atoms with E-state index < -0.39 is 23.1 Å². The van der Waals surface area contributed by atoms with E-state index in [1.165, 1.54) is 0 Å². The summed E-state index contributed by atoms with van der Waals surface area (Å²) >= 11 is 0. The number of Topliss-reactive ketones (excluding diaryl/α,β-unsaturated/α-hetero) is 1. The highest BCUT2D eigenvalue weighted by Gasteiger charge is 2.25. The highest BCUT2D eigenvalue weighted by atomic mass is 19.1. The molecule has 1 fully saturated rings. The minimum Gasteiger partial charge on any atom is -0.297 e. The smallest absolute Gasteiger partial charge is 0.297 e. The van der Waals surface area contributed by atoms with E-state index in [1.807, 2.05) is 4.98 Å². The molecular weight excluding hydrogens is 215 g/mol. The van der Waals surface area contributed by atoms with Crippen LogP contribution in [0.3, 0.4) is 0 Å². The van der Waals surface area contributed by atoms with Crippen LogP contribution in [0.2, 0.25) is 0 Å². The topological polar surface area (TPSA) is 71.9 Å². The van der Waals surface area contributed by atoms with Crippen molar-refractivity contribution in [1.82, 2.24) is 9.55 Å². The van der Waals surface area contributed by atoms with Gasteiger partial charge in [0.05, 0.1) is 12.2 Å². The monoisotopic (exact) mass is 226 g/mol. The maximum Gasteiger partial charge on any atom is 0.329 e. The van der Waals surface area contributed by atoms with Gasteiger partial charge in [-0.05, 0) is 12.8 Å². The lowest BCUT2D eigenvalue weighted by atomic mass is 9.94. The molecule has 1 aromatic rings. The summed E-state index contributed by atoms with van der Waals surface area (Å²) in [6, 6.07) is -0.632. The Morgan fingerprint density at radius 3 is 2.75 bits per heavy atom. The lowest BCUT2D eigenvalue weighted by molar-refractivity contribution is -0.123. The van der Waals surface area contributed by atoms with Crippen molar-refractivity contribution in [1.29, 1.82) is 0 Å². The first-order valence-corrected chi connectivity index (χ1v) is 5.13. The summed E-state index contributed by atoms with van der Waals surface area (Å²) in [5, 5.41) is 0. The van der Waals surface area contributed by atoms with Gasteiger partial charge in [-0.2, -0.15) is 4.39 Å². The summed E-state index contributed by atoms with van der Waals surface area (Å²) in [4.78, 5) is 35.7. The third-order valence-corrected chi connectivity index (χ3v) is 2.78. The zero-order chi connectivity index (χ0) is 11.7. The molecule has 1 aliphatic rings. The van der Waals surface area contributed by atoms with Gasteiger partial charge in [-0.15, -0.1) is 0 Å². The van der Waals surface area contributed by atoms with Crippen LogP contribution in [0.25, 0.3) is 0 Å². The summed E-state index contributed by atoms with van der Waals surface area (Å²) < 4.78 is 14.0. The van der Waals surface area contributed by atoms with Crippen molar-refractivity contribution in [3.8, 4) is 0 Å². The molecule has 1 unspecified atom stereocenters. The Balaban J connectivity index is 2.47. The molecule has 1 aliphatic carbocycles. The number of aromatic amines is 1. The minimum atomic E-state index is -1.05. The molecule has 1 atom stereocenters. The number of halogens is 1. The van der Waals surface area contributed by atoms with Crippen molar-refractivity contribution in [2.24, 2.45) is 0 Å². The normalized spacial score (nSPS) is 21.1. The molecule has 1 aromatic heterocycles. The predicted octanol–water partition coefficient (Wildman–Crippen LogP) is 0.360. The molecule has 1 N–H and O–H groups in total. The first-order valence-electron chi connectivity index (χ1n) is 5.13. The molecule has 6 heteroatoms. The maximum atomic E-state index is 13.0. The van der Waals surface area contributed by atoms with Crippen molar-refractivity contribution in [2.75, 3.05) is 0 Å². The lowest BCUT2D eigenvalue weighted by Gasteiger charge is -2.21. The molecule has 1 heterocycles. The summed E-state index contributed by atoms with van der Waals surface area (Å²) in [5.41, 5.74) is -1.78. The van der Waals surface area contributed by atoms with Crippen LogP contribution in [0.5, 0.6) is 0 Å². The number of H-pyrrole nitrogens is 1. The maximum absolute atomic E-state index is 13.0. The number of nitrogens with one attached hydrogen (secondary N) is 1. The van der Waals surface area contributed by atoms with Crippen molar-refractivity contribution in [2.45, 2.75) is 31.7 Å². The molecule has 86 valence electrons. The number of nitrogens with zero attached hydrogens (tertiary/aromatic N) is 1. The predicted molar refractivity (Wildman–Crippen MR) is 53.8 cm³/mol. The van der Waals surface area contributed by atoms with Crippen LogP contribution in [0.15, 0.2) is 15.8 Å². The van der Waals surface area contributed by atoms with Crippen LogP contribution in [0.4, 0.5) is 4.39 Å². The number of ketones is 1. The van der Waals surface area contributed by atoms with E-state index in [9.17, 15) is 18.8 Å². The van der Waals surface area contributed by atoms with E-state index in [0.29, 0.717) is 12.8 Å². The van der Waals surface area contributed by atoms with Crippen LogP contribution in [-0.4, -0.2) is 15.3 Å². The SMILES string of the molecule is O=C1CCCCC1n1cc(F)c(=O)[nH]c1=O. The largest absolute Gasteiger partial charge is 0.329 e. The summed E-state index contributed by atoms with van der Waals surface area (Å²) in [5.74, 6) is -1.13. The highest BCUT2D eigenvalue weighted by molar-refractivity contribution is 5.83. The van der Waals surface area contributed by atoms with Gasteiger partial charge < -0.3 is 0 Å². The van der Waals surface area contributed by atoms with Crippen LogP contribution >= 0.6 is 0 Å². The van der Waals surface area contributed by atoms with Crippen molar-refractivity contribution in [3.05, 3.63) is 32.9 Å². The van der Waals surface area contributed by atoms with E-state index >= 15 is 0 Å². The quantitative estimate of drug-likeness (QED) is 0.751. The Morgan fingerprint density at radius 1 is 1.31 bits per heavy atom. The molecule has 0 aliphatic heterocycles. The van der Waals surface area contributed by atoms with Crippen molar-refractivity contribution >= 4 is 5.78 Å². The Morgan fingerprint density at radius 2 is 2.06 bits per heavy atom. The van der Waals surface area contributed by atoms with Crippen LogP contribution in [0, 0.1) is 5.82 Å². The fourth-order valence-corrected chi connectivity index (χ4v) is 1.95. The molecule has 0 radical (unpaired) electrons. The average molecular weight is 226 g/mol. The number of hydrogen-bond acceptors (Lipinski definition) is 3. The molecule has 0 amide bonds. The Bertz CT molecular complexity index is 532. The van der Waals surface area contributed by atoms with Gasteiger partial charge in [-0.1, -0.05) is 6.42 Å². The lowest BCUT2D eigenvalue weighted by Crippen LogP contribution is -2.37. The molecule has 0 aromatic carbocycles. The zero-order valence-electron chi connectivity index (χ0n) is 8.53. The van der Waals surface area contributed by atoms with E-state index in [0.717, 1.165) is 23.6 Å². The van der Waals surface area contributed by atoms with E-state index in [1.54, 1.807) is 0 Å². The first-order chi connectivity index (χ1) is 7.59. The molecule has 0 spiro atoms. The van der Waals surface area contributed by atoms with Gasteiger partial charge >= 0.3 is 5.69 Å². The van der Waals surface area contributed by atoms with E-state index in [-0.39, 0.29) is 5.78 Å². The molecule has 5 nitrogen and oxygen atoms in total. The Hall–Kier alpha value is -1.72. The van der Waals surface area contributed by atoms with Crippen molar-refractivity contribution in [3.63, 3.8) is 0 Å². The fraction of sp³-hybridized carbons (Fsp3) is 0.500. The van der Waals surface area contributed by atoms with Crippen LogP contribution in [-0.2, 0) is 4.79 Å². The molecule has 16 heavy (non-hydrogen) atoms. The van der Waals surface area contributed by atoms with Gasteiger partial charge in [0, 0.05) is 6.42 Å². The molecule has 0 saturated heterocycles. The number of rotatable bonds is 1. The zero-order valence-corrected chi connectivity index (χ0v) is 8.53. The van der Waals surface area contributed by atoms with Gasteiger partial charge in [0.2, 0.25) is 5.82 Å². The number of carbonyl (C=O) groups is 1. The Labute approximate surface area is 89.9 Å². The second-order valence-electron chi connectivity index (χ2n) is 3.87. The molecule has 1 saturated carbocycles. The molecule has 2 rings (SSSR count). The number of aromatic nitrogens is 2.